The number of nitrogens with zero attached hydrogens (tertiary/aromatic N) is 1. The van der Waals surface area contributed by atoms with Crippen molar-refractivity contribution in [2.24, 2.45) is 5.73 Å². The first-order chi connectivity index (χ1) is 18.3. The van der Waals surface area contributed by atoms with Crippen LogP contribution in [0.2, 0.25) is 0 Å². The normalized spacial score (nSPS) is 11.3. The largest absolute Gasteiger partial charge is 0.366 e. The van der Waals surface area contributed by atoms with E-state index in [9.17, 15) is 24.5 Å². The molecule has 0 saturated heterocycles. The summed E-state index contributed by atoms with van der Waals surface area (Å²) in [6.45, 7) is 0. The molecule has 0 spiro atoms. The van der Waals surface area contributed by atoms with Crippen LogP contribution in [0.3, 0.4) is 0 Å². The van der Waals surface area contributed by atoms with Gasteiger partial charge in [-0.2, -0.15) is 0 Å². The molecule has 3 amide bonds. The minimum Gasteiger partial charge on any atom is -0.366 e. The number of hydrogen-bond acceptors (Lipinski definition) is 6. The minimum atomic E-state index is -0.630. The molecule has 4 aromatic rings. The number of carbonyl (C=O) groups is 3. The predicted molar refractivity (Wildman–Crippen MR) is 146 cm³/mol. The summed E-state index contributed by atoms with van der Waals surface area (Å²) in [6, 6.07) is 28.0. The highest BCUT2D eigenvalue weighted by Gasteiger charge is 2.23. The number of rotatable bonds is 9. The fourth-order valence-electron chi connectivity index (χ4n) is 3.57. The molecule has 0 aliphatic heterocycles. The van der Waals surface area contributed by atoms with Gasteiger partial charge >= 0.3 is 0 Å². The molecule has 0 heterocycles. The highest BCUT2D eigenvalue weighted by atomic mass is 32.2. The Balaban J connectivity index is 1.53. The molecule has 0 aliphatic carbocycles. The zero-order valence-electron chi connectivity index (χ0n) is 19.9. The van der Waals surface area contributed by atoms with Crippen molar-refractivity contribution >= 4 is 46.5 Å². The molecule has 4 rings (SSSR count). The molecule has 0 bridgehead atoms. The number of nitro groups is 1. The molecule has 190 valence electrons. The molecule has 0 saturated carbocycles. The third-order valence-electron chi connectivity index (χ3n) is 5.44. The van der Waals surface area contributed by atoms with E-state index in [1.54, 1.807) is 30.3 Å². The van der Waals surface area contributed by atoms with Crippen LogP contribution < -0.4 is 16.4 Å². The number of nitrogens with one attached hydrogen (secondary N) is 2. The first-order valence-corrected chi connectivity index (χ1v) is 12.3. The predicted octanol–water partition coefficient (Wildman–Crippen LogP) is 5.42. The molecule has 1 atom stereocenters. The number of amides is 3. The van der Waals surface area contributed by atoms with Gasteiger partial charge in [0, 0.05) is 39.5 Å². The number of nitrogens with two attached hydrogens (primary N) is 1. The number of nitro benzene ring substituents is 1. The first-order valence-electron chi connectivity index (χ1n) is 11.4. The first kappa shape index (κ1) is 26.1. The van der Waals surface area contributed by atoms with E-state index in [0.29, 0.717) is 16.9 Å². The van der Waals surface area contributed by atoms with Crippen LogP contribution in [-0.4, -0.2) is 22.6 Å². The van der Waals surface area contributed by atoms with E-state index >= 15 is 0 Å². The van der Waals surface area contributed by atoms with Gasteiger partial charge in [0.2, 0.25) is 11.8 Å². The van der Waals surface area contributed by atoms with Gasteiger partial charge in [0.05, 0.1) is 4.92 Å². The van der Waals surface area contributed by atoms with Gasteiger partial charge in [-0.3, -0.25) is 24.5 Å². The van der Waals surface area contributed by atoms with Crippen molar-refractivity contribution in [1.29, 1.82) is 0 Å². The van der Waals surface area contributed by atoms with Crippen LogP contribution in [-0.2, 0) is 4.79 Å². The standard InChI is InChI=1S/C28H22N4O5S/c29-26(33)19-12-14-21(15-13-19)30-28(35)25(18-6-2-1-3-7-18)38-24-11-5-9-22(17-24)31-27(34)20-8-4-10-23(16-20)32(36)37/h1-17,25H,(H2,29,33)(H,30,35)(H,31,34). The van der Waals surface area contributed by atoms with E-state index in [1.807, 2.05) is 36.4 Å². The van der Waals surface area contributed by atoms with Crippen molar-refractivity contribution in [3.8, 4) is 0 Å². The number of thioether (sulfide) groups is 1. The van der Waals surface area contributed by atoms with Crippen molar-refractivity contribution in [2.75, 3.05) is 10.6 Å². The topological polar surface area (TPSA) is 144 Å². The van der Waals surface area contributed by atoms with Crippen LogP contribution >= 0.6 is 11.8 Å². The van der Waals surface area contributed by atoms with Gasteiger partial charge in [-0.1, -0.05) is 42.5 Å². The van der Waals surface area contributed by atoms with Crippen molar-refractivity contribution in [3.63, 3.8) is 0 Å². The third-order valence-corrected chi connectivity index (χ3v) is 6.69. The second kappa shape index (κ2) is 11.8. The summed E-state index contributed by atoms with van der Waals surface area (Å²) >= 11 is 1.29. The molecule has 9 nitrogen and oxygen atoms in total. The summed E-state index contributed by atoms with van der Waals surface area (Å²) < 4.78 is 0. The molecular formula is C28H22N4O5S. The van der Waals surface area contributed by atoms with Crippen molar-refractivity contribution in [3.05, 3.63) is 130 Å². The van der Waals surface area contributed by atoms with Crippen LogP contribution in [0.25, 0.3) is 0 Å². The Morgan fingerprint density at radius 1 is 0.763 bits per heavy atom. The van der Waals surface area contributed by atoms with Gasteiger partial charge in [0.25, 0.3) is 11.6 Å². The average Bonchev–Trinajstić information content (AvgIpc) is 2.92. The number of anilines is 2. The van der Waals surface area contributed by atoms with E-state index in [0.717, 1.165) is 10.5 Å². The SMILES string of the molecule is NC(=O)c1ccc(NC(=O)C(Sc2cccc(NC(=O)c3cccc([N+](=O)[O-])c3)c2)c2ccccc2)cc1. The molecule has 4 aromatic carbocycles. The maximum atomic E-state index is 13.3. The number of benzene rings is 4. The Morgan fingerprint density at radius 3 is 2.16 bits per heavy atom. The van der Waals surface area contributed by atoms with Gasteiger partial charge in [-0.25, -0.2) is 0 Å². The summed E-state index contributed by atoms with van der Waals surface area (Å²) in [6.07, 6.45) is 0. The fourth-order valence-corrected chi connectivity index (χ4v) is 4.66. The highest BCUT2D eigenvalue weighted by molar-refractivity contribution is 8.00. The summed E-state index contributed by atoms with van der Waals surface area (Å²) in [7, 11) is 0. The summed E-state index contributed by atoms with van der Waals surface area (Å²) in [5.41, 5.74) is 7.36. The second-order valence-electron chi connectivity index (χ2n) is 8.13. The maximum Gasteiger partial charge on any atom is 0.270 e. The number of carbonyl (C=O) groups excluding carboxylic acids is 3. The number of primary amides is 1. The zero-order valence-corrected chi connectivity index (χ0v) is 20.7. The van der Waals surface area contributed by atoms with Gasteiger partial charge in [0.1, 0.15) is 5.25 Å². The molecule has 0 aliphatic rings. The lowest BCUT2D eigenvalue weighted by Gasteiger charge is -2.18. The molecule has 0 fully saturated rings. The van der Waals surface area contributed by atoms with Gasteiger partial charge in [0.15, 0.2) is 0 Å². The summed E-state index contributed by atoms with van der Waals surface area (Å²) in [5, 5.41) is 16.0. The van der Waals surface area contributed by atoms with Gasteiger partial charge in [-0.15, -0.1) is 11.8 Å². The molecule has 1 unspecified atom stereocenters. The van der Waals surface area contributed by atoms with Crippen molar-refractivity contribution in [2.45, 2.75) is 10.1 Å². The van der Waals surface area contributed by atoms with E-state index in [4.69, 9.17) is 5.73 Å². The quantitative estimate of drug-likeness (QED) is 0.151. The molecule has 10 heteroatoms. The molecular weight excluding hydrogens is 504 g/mol. The molecule has 4 N–H and O–H groups in total. The smallest absolute Gasteiger partial charge is 0.270 e. The highest BCUT2D eigenvalue weighted by Crippen LogP contribution is 2.37. The monoisotopic (exact) mass is 526 g/mol. The van der Waals surface area contributed by atoms with E-state index in [2.05, 4.69) is 10.6 Å². The lowest BCUT2D eigenvalue weighted by Crippen LogP contribution is -2.19. The van der Waals surface area contributed by atoms with Crippen molar-refractivity contribution in [1.82, 2.24) is 0 Å². The van der Waals surface area contributed by atoms with Crippen molar-refractivity contribution < 1.29 is 19.3 Å². The van der Waals surface area contributed by atoms with Crippen LogP contribution in [0, 0.1) is 10.1 Å². The molecule has 0 radical (unpaired) electrons. The van der Waals surface area contributed by atoms with Crippen LogP contribution in [0.15, 0.2) is 108 Å². The Kier molecular flexibility index (Phi) is 8.14. The average molecular weight is 527 g/mol. The maximum absolute atomic E-state index is 13.3. The van der Waals surface area contributed by atoms with E-state index in [-0.39, 0.29) is 17.2 Å². The Labute approximate surface area is 222 Å². The van der Waals surface area contributed by atoms with E-state index in [1.165, 1.54) is 48.2 Å². The molecule has 38 heavy (non-hydrogen) atoms. The minimum absolute atomic E-state index is 0.154. The van der Waals surface area contributed by atoms with Crippen LogP contribution in [0.5, 0.6) is 0 Å². The lowest BCUT2D eigenvalue weighted by atomic mass is 10.1. The van der Waals surface area contributed by atoms with Crippen LogP contribution in [0.1, 0.15) is 31.5 Å². The summed E-state index contributed by atoms with van der Waals surface area (Å²) in [5.74, 6) is -1.33. The van der Waals surface area contributed by atoms with E-state index < -0.39 is 22.0 Å². The lowest BCUT2D eigenvalue weighted by molar-refractivity contribution is -0.384. The Hall–Kier alpha value is -4.96. The molecule has 0 aromatic heterocycles. The van der Waals surface area contributed by atoms with Crippen LogP contribution in [0.4, 0.5) is 17.1 Å². The fraction of sp³-hybridized carbons (Fsp3) is 0.0357. The number of non-ortho nitro benzene ring substituents is 1. The Bertz CT molecular complexity index is 1490. The second-order valence-corrected chi connectivity index (χ2v) is 9.31. The Morgan fingerprint density at radius 2 is 1.47 bits per heavy atom. The summed E-state index contributed by atoms with van der Waals surface area (Å²) in [4.78, 5) is 48.5. The van der Waals surface area contributed by atoms with Gasteiger partial charge in [-0.05, 0) is 54.1 Å². The third kappa shape index (κ3) is 6.62. The number of hydrogen-bond donors (Lipinski definition) is 3. The van der Waals surface area contributed by atoms with Gasteiger partial charge < -0.3 is 16.4 Å². The zero-order chi connectivity index (χ0) is 27.1.